The number of hydrogen-bond acceptors (Lipinski definition) is 3. The van der Waals surface area contributed by atoms with Crippen LogP contribution in [0.4, 0.5) is 0 Å². The number of H-pyrrole nitrogens is 1. The number of oxazole rings is 1. The molecule has 2 heterocycles. The summed E-state index contributed by atoms with van der Waals surface area (Å²) in [5.74, 6) is 1.40. The van der Waals surface area contributed by atoms with Crippen molar-refractivity contribution in [2.24, 2.45) is 4.99 Å². The molecule has 2 aromatic heterocycles. The average molecular weight is 402 g/mol. The fourth-order valence-electron chi connectivity index (χ4n) is 3.56. The second kappa shape index (κ2) is 9.31. The molecule has 0 aliphatic heterocycles. The Bertz CT molecular complexity index is 1130. The molecule has 0 aliphatic carbocycles. The van der Waals surface area contributed by atoms with E-state index in [1.54, 1.807) is 6.26 Å². The van der Waals surface area contributed by atoms with E-state index >= 15 is 0 Å². The molecule has 4 rings (SSSR count). The molecule has 4 aromatic rings. The molecular weight excluding hydrogens is 374 g/mol. The summed E-state index contributed by atoms with van der Waals surface area (Å²) in [6.07, 6.45) is 4.69. The molecule has 0 saturated heterocycles. The topological polar surface area (TPSA) is 78.2 Å². The third kappa shape index (κ3) is 4.54. The maximum absolute atomic E-state index is 5.60. The van der Waals surface area contributed by atoms with Crippen LogP contribution in [0.2, 0.25) is 0 Å². The standard InChI is InChI=1S/C24H27N5O/c1-3-25-24(26-13-12-19-14-27-21-11-7-8-17(2)22(19)21)28-15-20-16-30-23(29-20)18-9-5-4-6-10-18/h4-11,14,16,27H,3,12-13,15H2,1-2H3,(H2,25,26,28). The van der Waals surface area contributed by atoms with Crippen molar-refractivity contribution in [1.29, 1.82) is 0 Å². The minimum atomic E-state index is 0.456. The summed E-state index contributed by atoms with van der Waals surface area (Å²) in [6.45, 7) is 6.26. The molecule has 6 heteroatoms. The molecule has 0 bridgehead atoms. The number of aromatic amines is 1. The largest absolute Gasteiger partial charge is 0.444 e. The van der Waals surface area contributed by atoms with Gasteiger partial charge < -0.3 is 20.0 Å². The van der Waals surface area contributed by atoms with E-state index in [0.29, 0.717) is 12.4 Å². The van der Waals surface area contributed by atoms with Gasteiger partial charge in [0, 0.05) is 35.8 Å². The monoisotopic (exact) mass is 401 g/mol. The maximum Gasteiger partial charge on any atom is 0.226 e. The highest BCUT2D eigenvalue weighted by Crippen LogP contribution is 2.22. The summed E-state index contributed by atoms with van der Waals surface area (Å²) >= 11 is 0. The summed E-state index contributed by atoms with van der Waals surface area (Å²) in [4.78, 5) is 12.6. The van der Waals surface area contributed by atoms with Crippen molar-refractivity contribution in [1.82, 2.24) is 20.6 Å². The molecule has 0 aliphatic rings. The molecule has 0 amide bonds. The molecule has 0 radical (unpaired) electrons. The lowest BCUT2D eigenvalue weighted by Gasteiger charge is -2.11. The van der Waals surface area contributed by atoms with Gasteiger partial charge in [0.05, 0.1) is 6.54 Å². The Hall–Kier alpha value is -3.54. The fourth-order valence-corrected chi connectivity index (χ4v) is 3.56. The molecule has 0 saturated carbocycles. The number of aryl methyl sites for hydroxylation is 1. The Balaban J connectivity index is 1.38. The third-order valence-corrected chi connectivity index (χ3v) is 5.00. The van der Waals surface area contributed by atoms with Crippen molar-refractivity contribution >= 4 is 16.9 Å². The fraction of sp³-hybridized carbons (Fsp3) is 0.250. The number of nitrogens with zero attached hydrogens (tertiary/aromatic N) is 2. The van der Waals surface area contributed by atoms with Crippen LogP contribution in [0.3, 0.4) is 0 Å². The van der Waals surface area contributed by atoms with E-state index in [9.17, 15) is 0 Å². The van der Waals surface area contributed by atoms with Gasteiger partial charge in [-0.1, -0.05) is 30.3 Å². The van der Waals surface area contributed by atoms with Gasteiger partial charge in [-0.2, -0.15) is 0 Å². The lowest BCUT2D eigenvalue weighted by Crippen LogP contribution is -2.38. The van der Waals surface area contributed by atoms with Crippen molar-refractivity contribution in [3.8, 4) is 11.5 Å². The van der Waals surface area contributed by atoms with Crippen LogP contribution in [0, 0.1) is 6.92 Å². The number of hydrogen-bond donors (Lipinski definition) is 3. The van der Waals surface area contributed by atoms with Crippen LogP contribution in [0.25, 0.3) is 22.4 Å². The van der Waals surface area contributed by atoms with E-state index < -0.39 is 0 Å². The summed E-state index contributed by atoms with van der Waals surface area (Å²) in [6, 6.07) is 16.2. The zero-order valence-corrected chi connectivity index (χ0v) is 17.4. The molecule has 0 unspecified atom stereocenters. The minimum absolute atomic E-state index is 0.456. The predicted octanol–water partition coefficient (Wildman–Crippen LogP) is 4.43. The number of aliphatic imine (C=N–C) groups is 1. The number of benzene rings is 2. The van der Waals surface area contributed by atoms with E-state index in [1.807, 2.05) is 30.3 Å². The SMILES string of the molecule is CCNC(=NCc1coc(-c2ccccc2)n1)NCCc1c[nH]c2cccc(C)c12. The van der Waals surface area contributed by atoms with Crippen LogP contribution in [0.15, 0.2) is 70.4 Å². The Morgan fingerprint density at radius 3 is 2.80 bits per heavy atom. The molecule has 154 valence electrons. The second-order valence-corrected chi connectivity index (χ2v) is 7.19. The first-order chi connectivity index (χ1) is 14.7. The predicted molar refractivity (Wildman–Crippen MR) is 121 cm³/mol. The average Bonchev–Trinajstić information content (AvgIpc) is 3.41. The number of rotatable bonds is 7. The van der Waals surface area contributed by atoms with Crippen molar-refractivity contribution in [3.05, 3.63) is 77.8 Å². The Morgan fingerprint density at radius 2 is 1.97 bits per heavy atom. The molecular formula is C24H27N5O. The van der Waals surface area contributed by atoms with Crippen molar-refractivity contribution < 1.29 is 4.42 Å². The molecule has 0 atom stereocenters. The molecule has 0 spiro atoms. The first-order valence-electron chi connectivity index (χ1n) is 10.3. The number of aromatic nitrogens is 2. The summed E-state index contributed by atoms with van der Waals surface area (Å²) in [7, 11) is 0. The van der Waals surface area contributed by atoms with E-state index in [2.05, 4.69) is 63.8 Å². The zero-order chi connectivity index (χ0) is 20.8. The Morgan fingerprint density at radius 1 is 1.10 bits per heavy atom. The number of guanidine groups is 1. The van der Waals surface area contributed by atoms with Crippen LogP contribution >= 0.6 is 0 Å². The summed E-state index contributed by atoms with van der Waals surface area (Å²) < 4.78 is 5.60. The van der Waals surface area contributed by atoms with E-state index in [0.717, 1.165) is 36.7 Å². The van der Waals surface area contributed by atoms with E-state index in [1.165, 1.54) is 22.0 Å². The zero-order valence-electron chi connectivity index (χ0n) is 17.4. The van der Waals surface area contributed by atoms with E-state index in [4.69, 9.17) is 4.42 Å². The van der Waals surface area contributed by atoms with E-state index in [-0.39, 0.29) is 0 Å². The Kier molecular flexibility index (Phi) is 6.13. The molecule has 0 fully saturated rings. The normalized spacial score (nSPS) is 11.7. The quantitative estimate of drug-likeness (QED) is 0.316. The van der Waals surface area contributed by atoms with Crippen LogP contribution < -0.4 is 10.6 Å². The van der Waals surface area contributed by atoms with Gasteiger partial charge in [-0.05, 0) is 49.6 Å². The molecule has 2 aromatic carbocycles. The van der Waals surface area contributed by atoms with Gasteiger partial charge in [-0.15, -0.1) is 0 Å². The van der Waals surface area contributed by atoms with Crippen LogP contribution in [-0.4, -0.2) is 29.0 Å². The number of fused-ring (bicyclic) bond motifs is 1. The van der Waals surface area contributed by atoms with Crippen LogP contribution in [0.1, 0.15) is 23.7 Å². The number of nitrogens with one attached hydrogen (secondary N) is 3. The lowest BCUT2D eigenvalue weighted by molar-refractivity contribution is 0.572. The van der Waals surface area contributed by atoms with Gasteiger partial charge >= 0.3 is 0 Å². The van der Waals surface area contributed by atoms with Gasteiger partial charge in [-0.25, -0.2) is 9.98 Å². The molecule has 3 N–H and O–H groups in total. The lowest BCUT2D eigenvalue weighted by atomic mass is 10.1. The van der Waals surface area contributed by atoms with Gasteiger partial charge in [-0.3, -0.25) is 0 Å². The Labute approximate surface area is 176 Å². The first kappa shape index (κ1) is 19.8. The highest BCUT2D eigenvalue weighted by molar-refractivity contribution is 5.86. The highest BCUT2D eigenvalue weighted by atomic mass is 16.3. The smallest absolute Gasteiger partial charge is 0.226 e. The third-order valence-electron chi connectivity index (χ3n) is 5.00. The van der Waals surface area contributed by atoms with Crippen molar-refractivity contribution in [3.63, 3.8) is 0 Å². The first-order valence-corrected chi connectivity index (χ1v) is 10.3. The van der Waals surface area contributed by atoms with Gasteiger partial charge in [0.15, 0.2) is 5.96 Å². The summed E-state index contributed by atoms with van der Waals surface area (Å²) in [5.41, 5.74) is 5.57. The van der Waals surface area contributed by atoms with Crippen molar-refractivity contribution in [2.45, 2.75) is 26.8 Å². The molecule has 6 nitrogen and oxygen atoms in total. The molecule has 30 heavy (non-hydrogen) atoms. The van der Waals surface area contributed by atoms with Crippen LogP contribution in [-0.2, 0) is 13.0 Å². The van der Waals surface area contributed by atoms with Crippen LogP contribution in [0.5, 0.6) is 0 Å². The second-order valence-electron chi connectivity index (χ2n) is 7.19. The van der Waals surface area contributed by atoms with Crippen molar-refractivity contribution in [2.75, 3.05) is 13.1 Å². The summed E-state index contributed by atoms with van der Waals surface area (Å²) in [5, 5.41) is 8.03. The van der Waals surface area contributed by atoms with Gasteiger partial charge in [0.2, 0.25) is 5.89 Å². The van der Waals surface area contributed by atoms with Gasteiger partial charge in [0.1, 0.15) is 12.0 Å². The highest BCUT2D eigenvalue weighted by Gasteiger charge is 2.08. The minimum Gasteiger partial charge on any atom is -0.444 e. The van der Waals surface area contributed by atoms with Gasteiger partial charge in [0.25, 0.3) is 0 Å². The maximum atomic E-state index is 5.60.